The van der Waals surface area contributed by atoms with Crippen molar-refractivity contribution in [3.05, 3.63) is 0 Å². The highest BCUT2D eigenvalue weighted by Gasteiger charge is 2.39. The molecular weight excluding hydrogens is 313 g/mol. The third kappa shape index (κ3) is 6.48. The summed E-state index contributed by atoms with van der Waals surface area (Å²) in [5.74, 6) is -1.39. The van der Waals surface area contributed by atoms with Gasteiger partial charge in [-0.25, -0.2) is 9.59 Å². The molecule has 0 spiro atoms. The summed E-state index contributed by atoms with van der Waals surface area (Å²) in [5, 5.41) is 8.95. The number of hydrogen-bond acceptors (Lipinski definition) is 5. The van der Waals surface area contributed by atoms with Gasteiger partial charge < -0.3 is 19.5 Å². The van der Waals surface area contributed by atoms with Crippen LogP contribution in [-0.2, 0) is 19.0 Å². The Kier molecular flexibility index (Phi) is 5.63. The summed E-state index contributed by atoms with van der Waals surface area (Å²) >= 11 is 0. The molecule has 1 rings (SSSR count). The van der Waals surface area contributed by atoms with Crippen LogP contribution in [0.3, 0.4) is 0 Å². The zero-order valence-electron chi connectivity index (χ0n) is 12.3. The summed E-state index contributed by atoms with van der Waals surface area (Å²) in [5.41, 5.74) is -0.872. The predicted octanol–water partition coefficient (Wildman–Crippen LogP) is 1.61. The van der Waals surface area contributed by atoms with Crippen molar-refractivity contribution in [2.75, 3.05) is 19.7 Å². The minimum Gasteiger partial charge on any atom is -0.479 e. The first-order chi connectivity index (χ1) is 9.87. The van der Waals surface area contributed by atoms with E-state index in [1.807, 2.05) is 0 Å². The molecule has 128 valence electrons. The summed E-state index contributed by atoms with van der Waals surface area (Å²) in [6.07, 6.45) is -8.83. The molecule has 1 fully saturated rings. The normalized spacial score (nSPS) is 23.8. The van der Waals surface area contributed by atoms with E-state index < -0.39 is 55.9 Å². The molecule has 1 aliphatic heterocycles. The Hall–Kier alpha value is -1.55. The number of carbonyl (C=O) groups excluding carboxylic acids is 1. The van der Waals surface area contributed by atoms with E-state index in [-0.39, 0.29) is 0 Å². The fourth-order valence-corrected chi connectivity index (χ4v) is 1.73. The van der Waals surface area contributed by atoms with Crippen molar-refractivity contribution in [1.29, 1.82) is 0 Å². The molecule has 0 aromatic rings. The molecule has 1 aliphatic rings. The van der Waals surface area contributed by atoms with Gasteiger partial charge in [-0.2, -0.15) is 0 Å². The largest absolute Gasteiger partial charge is 0.522 e. The lowest BCUT2D eigenvalue weighted by atomic mass is 10.2. The van der Waals surface area contributed by atoms with E-state index >= 15 is 0 Å². The molecule has 1 heterocycles. The molecule has 2 atom stereocenters. The minimum atomic E-state index is -4.92. The molecular formula is C12H18F3NO6. The van der Waals surface area contributed by atoms with Gasteiger partial charge in [-0.1, -0.05) is 0 Å². The van der Waals surface area contributed by atoms with E-state index in [0.29, 0.717) is 0 Å². The monoisotopic (exact) mass is 331 g/mol. The summed E-state index contributed by atoms with van der Waals surface area (Å²) in [6.45, 7) is 3.22. The van der Waals surface area contributed by atoms with Crippen molar-refractivity contribution < 1.29 is 42.1 Å². The number of carboxylic acids is 1. The van der Waals surface area contributed by atoms with Gasteiger partial charge in [-0.05, 0) is 20.8 Å². The number of rotatable bonds is 2. The van der Waals surface area contributed by atoms with Crippen LogP contribution in [0.5, 0.6) is 0 Å². The fourth-order valence-electron chi connectivity index (χ4n) is 1.73. The van der Waals surface area contributed by atoms with Crippen LogP contribution < -0.4 is 0 Å². The van der Waals surface area contributed by atoms with Crippen LogP contribution in [0.25, 0.3) is 0 Å². The van der Waals surface area contributed by atoms with Gasteiger partial charge in [-0.3, -0.25) is 4.74 Å². The third-order valence-electron chi connectivity index (χ3n) is 2.52. The van der Waals surface area contributed by atoms with E-state index in [0.717, 1.165) is 4.90 Å². The van der Waals surface area contributed by atoms with Crippen molar-refractivity contribution >= 4 is 12.1 Å². The Morgan fingerprint density at radius 1 is 1.32 bits per heavy atom. The molecule has 0 aromatic heterocycles. The van der Waals surface area contributed by atoms with Gasteiger partial charge in [0, 0.05) is 0 Å². The van der Waals surface area contributed by atoms with Crippen LogP contribution in [-0.4, -0.2) is 65.9 Å². The lowest BCUT2D eigenvalue weighted by Crippen LogP contribution is -2.45. The highest BCUT2D eigenvalue weighted by atomic mass is 19.4. The smallest absolute Gasteiger partial charge is 0.479 e. The van der Waals surface area contributed by atoms with Gasteiger partial charge in [0.05, 0.1) is 19.7 Å². The summed E-state index contributed by atoms with van der Waals surface area (Å²) < 4.78 is 50.6. The minimum absolute atomic E-state index is 0.429. The highest BCUT2D eigenvalue weighted by Crippen LogP contribution is 2.22. The molecule has 0 saturated carbocycles. The third-order valence-corrected chi connectivity index (χ3v) is 2.52. The molecule has 10 heteroatoms. The van der Waals surface area contributed by atoms with Crippen LogP contribution in [0, 0.1) is 0 Å². The van der Waals surface area contributed by atoms with Crippen molar-refractivity contribution in [3.63, 3.8) is 0 Å². The Balaban J connectivity index is 2.85. The predicted molar refractivity (Wildman–Crippen MR) is 66.1 cm³/mol. The molecule has 22 heavy (non-hydrogen) atoms. The van der Waals surface area contributed by atoms with E-state index in [2.05, 4.69) is 4.74 Å². The molecule has 0 aromatic carbocycles. The molecule has 1 saturated heterocycles. The van der Waals surface area contributed by atoms with E-state index in [4.69, 9.17) is 14.6 Å². The molecule has 0 unspecified atom stereocenters. The average molecular weight is 331 g/mol. The first-order valence-corrected chi connectivity index (χ1v) is 6.44. The zero-order valence-corrected chi connectivity index (χ0v) is 12.3. The van der Waals surface area contributed by atoms with Crippen LogP contribution in [0.2, 0.25) is 0 Å². The summed E-state index contributed by atoms with van der Waals surface area (Å²) in [4.78, 5) is 23.8. The van der Waals surface area contributed by atoms with Gasteiger partial charge in [0.2, 0.25) is 0 Å². The number of halogens is 3. The number of ether oxygens (including phenoxy) is 3. The van der Waals surface area contributed by atoms with E-state index in [1.165, 1.54) is 0 Å². The summed E-state index contributed by atoms with van der Waals surface area (Å²) in [7, 11) is 0. The maximum absolute atomic E-state index is 12.3. The first-order valence-electron chi connectivity index (χ1n) is 6.44. The molecule has 0 radical (unpaired) electrons. The van der Waals surface area contributed by atoms with Crippen LogP contribution in [0.15, 0.2) is 0 Å². The van der Waals surface area contributed by atoms with Crippen molar-refractivity contribution in [3.8, 4) is 0 Å². The molecule has 0 aliphatic carbocycles. The van der Waals surface area contributed by atoms with Crippen LogP contribution in [0.4, 0.5) is 18.0 Å². The standard InChI is InChI=1S/C12H18F3NO6/c1-11(2,3)22-10(19)16-4-7(21-12(13,14)15)6-20-8(5-16)9(17)18/h7-8H,4-6H2,1-3H3,(H,17,18)/t7-,8+/m1/s1/i9+2. The van der Waals surface area contributed by atoms with Crippen molar-refractivity contribution in [2.24, 2.45) is 0 Å². The molecule has 1 N–H and O–H groups in total. The second-order valence-electron chi connectivity index (χ2n) is 5.73. The van der Waals surface area contributed by atoms with Gasteiger partial charge in [0.25, 0.3) is 0 Å². The van der Waals surface area contributed by atoms with E-state index in [1.54, 1.807) is 20.8 Å². The summed E-state index contributed by atoms with van der Waals surface area (Å²) in [6, 6.07) is 0. The van der Waals surface area contributed by atoms with Crippen LogP contribution >= 0.6 is 0 Å². The number of aliphatic carboxylic acids is 1. The van der Waals surface area contributed by atoms with Crippen molar-refractivity contribution in [2.45, 2.75) is 44.9 Å². The molecule has 0 bridgehead atoms. The van der Waals surface area contributed by atoms with Gasteiger partial charge in [0.15, 0.2) is 6.10 Å². The Morgan fingerprint density at radius 3 is 2.36 bits per heavy atom. The number of alkyl halides is 3. The number of carbonyl (C=O) groups is 2. The quantitative estimate of drug-likeness (QED) is 0.827. The van der Waals surface area contributed by atoms with E-state index in [9.17, 15) is 22.8 Å². The van der Waals surface area contributed by atoms with Crippen LogP contribution in [0.1, 0.15) is 20.8 Å². The lowest BCUT2D eigenvalue weighted by molar-refractivity contribution is -0.345. The number of nitrogens with zero attached hydrogens (tertiary/aromatic N) is 1. The van der Waals surface area contributed by atoms with Gasteiger partial charge in [-0.15, -0.1) is 13.2 Å². The zero-order chi connectivity index (χ0) is 17.1. The highest BCUT2D eigenvalue weighted by molar-refractivity contribution is 5.74. The van der Waals surface area contributed by atoms with Crippen molar-refractivity contribution in [1.82, 2.24) is 4.90 Å². The number of hydrogen-bond donors (Lipinski definition) is 1. The fraction of sp³-hybridized carbons (Fsp3) is 0.833. The first kappa shape index (κ1) is 18.5. The second kappa shape index (κ2) is 6.69. The second-order valence-corrected chi connectivity index (χ2v) is 5.73. The number of amides is 1. The average Bonchev–Trinajstić information content (AvgIpc) is 2.47. The lowest BCUT2D eigenvalue weighted by Gasteiger charge is -2.28. The maximum Gasteiger partial charge on any atom is 0.522 e. The number of carboxylic acid groups (broad SMARTS) is 1. The SMILES string of the molecule is CC(C)(C)OC(=O)N1C[C@@H](OC(F)(F)F)CO[C@H]([14C](=O)O)C1. The van der Waals surface area contributed by atoms with Gasteiger partial charge >= 0.3 is 18.4 Å². The Bertz CT molecular complexity index is 420. The maximum atomic E-state index is 12.3. The Labute approximate surface area is 124 Å². The molecule has 7 nitrogen and oxygen atoms in total. The van der Waals surface area contributed by atoms with Gasteiger partial charge in [0.1, 0.15) is 11.7 Å². The topological polar surface area (TPSA) is 85.3 Å². The molecule has 1 amide bonds. The Morgan fingerprint density at radius 2 is 1.91 bits per heavy atom.